The van der Waals surface area contributed by atoms with Crippen LogP contribution in [-0.4, -0.2) is 64.6 Å². The Morgan fingerprint density at radius 2 is 1.76 bits per heavy atom. The molecule has 2 heterocycles. The van der Waals surface area contributed by atoms with E-state index in [1.54, 1.807) is 12.1 Å². The Balaban J connectivity index is 1.31. The fourth-order valence-corrected chi connectivity index (χ4v) is 6.19. The number of nitrogens with one attached hydrogen (secondary N) is 1. The number of tetrazole rings is 1. The summed E-state index contributed by atoms with van der Waals surface area (Å²) in [6.45, 7) is 2.55. The van der Waals surface area contributed by atoms with Gasteiger partial charge in [-0.15, -0.1) is 10.2 Å². The van der Waals surface area contributed by atoms with E-state index in [4.69, 9.17) is 19.2 Å². The number of amidine groups is 1. The number of carboxylic acid groups (broad SMARTS) is 1. The largest absolute Gasteiger partial charge is 0.545 e. The number of aromatic carboxylic acids is 1. The van der Waals surface area contributed by atoms with E-state index in [2.05, 4.69) is 20.6 Å². The Morgan fingerprint density at radius 3 is 2.47 bits per heavy atom. The number of hydrogen-bond donors (Lipinski definition) is 1. The minimum Gasteiger partial charge on any atom is -0.545 e. The summed E-state index contributed by atoms with van der Waals surface area (Å²) in [5, 5.41) is 26.8. The number of nitrogens with zero attached hydrogens (tertiary/aromatic N) is 5. The van der Waals surface area contributed by atoms with Gasteiger partial charge in [-0.1, -0.05) is 61.0 Å². The van der Waals surface area contributed by atoms with Crippen LogP contribution in [-0.2, 0) is 20.8 Å². The summed E-state index contributed by atoms with van der Waals surface area (Å²) in [6, 6.07) is 20.9. The molecule has 4 aromatic rings. The van der Waals surface area contributed by atoms with E-state index >= 15 is 0 Å². The second-order valence-corrected chi connectivity index (χ2v) is 11.1. The molecule has 1 fully saturated rings. The third-order valence-electron chi connectivity index (χ3n) is 8.26. The lowest BCUT2D eigenvalue weighted by atomic mass is 9.98. The Kier molecular flexibility index (Phi) is 8.83. The molecule has 0 saturated heterocycles. The predicted molar refractivity (Wildman–Crippen MR) is 164 cm³/mol. The molecule has 0 bridgehead atoms. The van der Waals surface area contributed by atoms with Gasteiger partial charge < -0.3 is 24.1 Å². The van der Waals surface area contributed by atoms with Gasteiger partial charge in [0.1, 0.15) is 31.5 Å². The Labute approximate surface area is 260 Å². The minimum absolute atomic E-state index is 0.00129. The molecule has 3 aromatic carbocycles. The van der Waals surface area contributed by atoms with Crippen molar-refractivity contribution in [3.05, 3.63) is 77.9 Å². The number of rotatable bonds is 10. The van der Waals surface area contributed by atoms with Crippen LogP contribution in [0.4, 0.5) is 16.2 Å². The second kappa shape index (κ2) is 13.3. The maximum atomic E-state index is 12.6. The molecule has 1 unspecified atom stereocenters. The van der Waals surface area contributed by atoms with Crippen LogP contribution in [0, 0.1) is 0 Å². The summed E-state index contributed by atoms with van der Waals surface area (Å²) in [5.41, 5.74) is 4.48. The Morgan fingerprint density at radius 1 is 0.978 bits per heavy atom. The van der Waals surface area contributed by atoms with Gasteiger partial charge in [0.15, 0.2) is 5.69 Å². The monoisotopic (exact) mass is 610 g/mol. The molecule has 1 atom stereocenters. The van der Waals surface area contributed by atoms with Crippen LogP contribution in [0.2, 0.25) is 0 Å². The van der Waals surface area contributed by atoms with E-state index in [0.29, 0.717) is 29.8 Å². The van der Waals surface area contributed by atoms with Crippen molar-refractivity contribution in [3.63, 3.8) is 0 Å². The summed E-state index contributed by atoms with van der Waals surface area (Å²) in [6.07, 6.45) is 3.97. The number of H-pyrrole nitrogens is 1. The molecule has 1 N–H and O–H groups in total. The maximum Gasteiger partial charge on any atom is 0.508 e. The molecule has 1 saturated carbocycles. The van der Waals surface area contributed by atoms with Gasteiger partial charge >= 0.3 is 12.2 Å². The number of benzene rings is 3. The van der Waals surface area contributed by atoms with Crippen molar-refractivity contribution in [2.24, 2.45) is 4.99 Å². The number of ether oxygens (including phenoxy) is 3. The average molecular weight is 611 g/mol. The first kappa shape index (κ1) is 29.9. The zero-order valence-corrected chi connectivity index (χ0v) is 25.0. The van der Waals surface area contributed by atoms with Crippen molar-refractivity contribution in [2.75, 3.05) is 19.8 Å². The van der Waals surface area contributed by atoms with Gasteiger partial charge in [-0.05, 0) is 61.1 Å². The van der Waals surface area contributed by atoms with Gasteiger partial charge in [-0.3, -0.25) is 0 Å². The lowest BCUT2D eigenvalue weighted by Crippen LogP contribution is -2.55. The van der Waals surface area contributed by atoms with Crippen molar-refractivity contribution in [3.8, 4) is 22.5 Å². The van der Waals surface area contributed by atoms with Crippen LogP contribution in [0.3, 0.4) is 0 Å². The summed E-state index contributed by atoms with van der Waals surface area (Å²) in [4.78, 5) is 29.7. The quantitative estimate of drug-likeness (QED) is 0.195. The number of aromatic amines is 1. The first-order valence-corrected chi connectivity index (χ1v) is 15.2. The highest BCUT2D eigenvalue weighted by molar-refractivity contribution is 6.06. The maximum absolute atomic E-state index is 12.6. The predicted octanol–water partition coefficient (Wildman–Crippen LogP) is 4.93. The zero-order valence-electron chi connectivity index (χ0n) is 25.0. The van der Waals surface area contributed by atoms with Crippen LogP contribution in [0.15, 0.2) is 71.7 Å². The minimum atomic E-state index is -1.33. The van der Waals surface area contributed by atoms with Crippen LogP contribution in [0.5, 0.6) is 0 Å². The molecular formula is C33H34N6O6. The van der Waals surface area contributed by atoms with Crippen LogP contribution in [0.1, 0.15) is 54.9 Å². The molecule has 0 amide bonds. The topological polar surface area (TPSA) is 152 Å². The summed E-state index contributed by atoms with van der Waals surface area (Å²) >= 11 is 0. The zero-order chi connectivity index (χ0) is 31.2. The van der Waals surface area contributed by atoms with Crippen molar-refractivity contribution >= 4 is 29.5 Å². The number of para-hydroxylation sites is 1. The van der Waals surface area contributed by atoms with Crippen LogP contribution >= 0.6 is 0 Å². The molecule has 45 heavy (non-hydrogen) atoms. The van der Waals surface area contributed by atoms with Gasteiger partial charge in [-0.2, -0.15) is 10.2 Å². The number of hydrogen-bond acceptors (Lipinski definition) is 10. The SMILES string of the molecule is CCOC1=Nc2cccc(C(=O)[O-])c2[N+]1(CCOC(=O)OC1CCCCC1)Cc1ccc(-c2ccccc2-c2nn[nH]n2)cc1. The Hall–Kier alpha value is -5.10. The van der Waals surface area contributed by atoms with Gasteiger partial charge in [0.25, 0.3) is 0 Å². The normalized spacial score (nSPS) is 17.8. The summed E-state index contributed by atoms with van der Waals surface area (Å²) in [5.74, 6) is -0.837. The average Bonchev–Trinajstić information content (AvgIpc) is 3.69. The molecule has 12 heteroatoms. The summed E-state index contributed by atoms with van der Waals surface area (Å²) in [7, 11) is 0. The molecule has 1 aliphatic heterocycles. The Bertz CT molecular complexity index is 1680. The molecule has 0 radical (unpaired) electrons. The molecule has 1 aliphatic carbocycles. The van der Waals surface area contributed by atoms with Gasteiger partial charge in [0.05, 0.1) is 18.1 Å². The third-order valence-corrected chi connectivity index (χ3v) is 8.26. The molecule has 2 aliphatic rings. The lowest BCUT2D eigenvalue weighted by molar-refractivity contribution is -0.255. The van der Waals surface area contributed by atoms with Gasteiger partial charge in [0.2, 0.25) is 5.82 Å². The number of carbonyl (C=O) groups is 2. The van der Waals surface area contributed by atoms with E-state index in [9.17, 15) is 14.7 Å². The highest BCUT2D eigenvalue weighted by Gasteiger charge is 2.48. The van der Waals surface area contributed by atoms with Crippen molar-refractivity contribution in [1.29, 1.82) is 0 Å². The van der Waals surface area contributed by atoms with Crippen molar-refractivity contribution in [1.82, 2.24) is 25.1 Å². The molecule has 12 nitrogen and oxygen atoms in total. The fourth-order valence-electron chi connectivity index (χ4n) is 6.19. The van der Waals surface area contributed by atoms with E-state index in [1.807, 2.05) is 55.5 Å². The van der Waals surface area contributed by atoms with E-state index in [0.717, 1.165) is 54.4 Å². The number of carbonyl (C=O) groups excluding carboxylic acids is 2. The number of quaternary nitrogens is 1. The lowest BCUT2D eigenvalue weighted by Gasteiger charge is -2.34. The smallest absolute Gasteiger partial charge is 0.508 e. The fraction of sp³-hybridized carbons (Fsp3) is 0.333. The highest BCUT2D eigenvalue weighted by atomic mass is 16.7. The van der Waals surface area contributed by atoms with E-state index in [-0.39, 0.29) is 35.8 Å². The third kappa shape index (κ3) is 6.27. The molecule has 232 valence electrons. The number of aromatic nitrogens is 4. The standard InChI is InChI=1S/C33H34N6O6/c1-2-43-32-34-28-14-8-13-27(31(40)41)29(28)39(32,19-20-44-33(42)45-24-9-4-3-5-10-24)21-22-15-17-23(18-16-22)25-11-6-7-12-26(25)30-35-37-38-36-30/h6-8,11-18,24H,2-5,9-10,19-21H2,1H3,(H-,35,36,37,38,40,41). The molecule has 6 rings (SSSR count). The number of carboxylic acids is 1. The van der Waals surface area contributed by atoms with Gasteiger partial charge in [0, 0.05) is 11.1 Å². The van der Waals surface area contributed by atoms with Crippen LogP contribution in [0.25, 0.3) is 22.5 Å². The van der Waals surface area contributed by atoms with E-state index in [1.165, 1.54) is 6.07 Å². The highest BCUT2D eigenvalue weighted by Crippen LogP contribution is 2.45. The van der Waals surface area contributed by atoms with Crippen molar-refractivity contribution in [2.45, 2.75) is 51.7 Å². The van der Waals surface area contributed by atoms with Crippen molar-refractivity contribution < 1.29 is 28.9 Å². The molecular weight excluding hydrogens is 576 g/mol. The van der Waals surface area contributed by atoms with E-state index < -0.39 is 12.1 Å². The van der Waals surface area contributed by atoms with Gasteiger partial charge in [-0.25, -0.2) is 9.28 Å². The molecule has 0 spiro atoms. The van der Waals surface area contributed by atoms with Crippen LogP contribution < -0.4 is 9.59 Å². The molecule has 1 aromatic heterocycles. The number of aliphatic imine (C=N–C) groups is 1. The number of fused-ring (bicyclic) bond motifs is 1. The second-order valence-electron chi connectivity index (χ2n) is 11.1. The first-order valence-electron chi connectivity index (χ1n) is 15.2. The first-order chi connectivity index (χ1) is 22.0. The summed E-state index contributed by atoms with van der Waals surface area (Å²) < 4.78 is 17.1.